The van der Waals surface area contributed by atoms with Crippen LogP contribution in [0.25, 0.3) is 11.0 Å². The van der Waals surface area contributed by atoms with Crippen molar-refractivity contribution in [3.8, 4) is 0 Å². The highest BCUT2D eigenvalue weighted by atomic mass is 32.1. The van der Waals surface area contributed by atoms with Gasteiger partial charge in [0.15, 0.2) is 0 Å². The molecule has 4 rings (SSSR count). The molecule has 3 heterocycles. The number of imidazole rings is 1. The zero-order valence-electron chi connectivity index (χ0n) is 16.8. The summed E-state index contributed by atoms with van der Waals surface area (Å²) in [6, 6.07) is 5.80. The van der Waals surface area contributed by atoms with E-state index in [1.54, 1.807) is 22.8 Å². The predicted molar refractivity (Wildman–Crippen MR) is 117 cm³/mol. The van der Waals surface area contributed by atoms with Crippen LogP contribution in [0.1, 0.15) is 45.3 Å². The number of likely N-dealkylation sites (tertiary alicyclic amines) is 1. The number of nitrogens with one attached hydrogen (secondary N) is 1. The highest BCUT2D eigenvalue weighted by Crippen LogP contribution is 2.31. The topological polar surface area (TPSA) is 148 Å². The van der Waals surface area contributed by atoms with Crippen molar-refractivity contribution in [2.75, 3.05) is 18.4 Å². The third-order valence-electron chi connectivity index (χ3n) is 5.38. The van der Waals surface area contributed by atoms with Crippen LogP contribution in [-0.2, 0) is 0 Å². The van der Waals surface area contributed by atoms with Crippen molar-refractivity contribution in [2.24, 2.45) is 0 Å². The van der Waals surface area contributed by atoms with E-state index in [1.165, 1.54) is 16.3 Å². The van der Waals surface area contributed by atoms with E-state index in [0.717, 1.165) is 24.2 Å². The number of fused-ring (bicyclic) bond motifs is 1. The van der Waals surface area contributed by atoms with Crippen molar-refractivity contribution in [3.63, 3.8) is 0 Å². The van der Waals surface area contributed by atoms with Crippen LogP contribution < -0.4 is 5.32 Å². The fourth-order valence-electron chi connectivity index (χ4n) is 3.85. The molecule has 11 nitrogen and oxygen atoms in total. The van der Waals surface area contributed by atoms with Crippen molar-refractivity contribution in [2.45, 2.75) is 25.3 Å². The van der Waals surface area contributed by atoms with Crippen molar-refractivity contribution in [3.05, 3.63) is 50.2 Å². The molecule has 1 aliphatic rings. The fourth-order valence-corrected chi connectivity index (χ4v) is 4.60. The van der Waals surface area contributed by atoms with Crippen LogP contribution in [0.5, 0.6) is 0 Å². The summed E-state index contributed by atoms with van der Waals surface area (Å²) in [5.74, 6) is -0.361. The van der Waals surface area contributed by atoms with Gasteiger partial charge in [-0.05, 0) is 37.5 Å². The number of carbonyl (C=O) groups is 3. The average Bonchev–Trinajstić information content (AvgIpc) is 3.31. The molecule has 0 saturated carbocycles. The SMILES string of the molecule is O=Cc1ccc2nc(NC(=O)c3cc([N+](=O)[O-])cs3)n([C@@H]3CCCCN(C(=O)O)C3)c2c1. The Labute approximate surface area is 185 Å². The standard InChI is InChI=1S/C20H19N5O6S/c26-10-12-4-5-15-16(7-12)24(13-3-1-2-6-23(9-13)20(28)29)19(21-15)22-18(27)17-8-14(11-32-17)25(30)31/h4-5,7-8,10-11,13H,1-3,6,9H2,(H,28,29)(H,21,22,27)/t13-/m1/s1. The second-order valence-corrected chi connectivity index (χ2v) is 8.34. The zero-order chi connectivity index (χ0) is 22.8. The lowest BCUT2D eigenvalue weighted by atomic mass is 10.1. The smallest absolute Gasteiger partial charge is 0.407 e. The number of hydrogen-bond acceptors (Lipinski definition) is 7. The van der Waals surface area contributed by atoms with Gasteiger partial charge in [-0.3, -0.25) is 25.0 Å². The molecule has 1 saturated heterocycles. The minimum atomic E-state index is -1.02. The quantitative estimate of drug-likeness (QED) is 0.336. The van der Waals surface area contributed by atoms with Crippen molar-refractivity contribution < 1.29 is 24.4 Å². The molecule has 0 bridgehead atoms. The molecule has 2 aromatic heterocycles. The van der Waals surface area contributed by atoms with E-state index < -0.39 is 16.9 Å². The maximum atomic E-state index is 12.8. The lowest BCUT2D eigenvalue weighted by Gasteiger charge is -2.24. The van der Waals surface area contributed by atoms with Gasteiger partial charge in [-0.1, -0.05) is 0 Å². The molecule has 0 spiro atoms. The molecule has 1 fully saturated rings. The number of anilines is 1. The molecule has 0 aliphatic carbocycles. The number of nitro groups is 1. The second-order valence-electron chi connectivity index (χ2n) is 7.43. The van der Waals surface area contributed by atoms with E-state index in [2.05, 4.69) is 10.3 Å². The highest BCUT2D eigenvalue weighted by Gasteiger charge is 2.27. The molecule has 0 radical (unpaired) electrons. The lowest BCUT2D eigenvalue weighted by Crippen LogP contribution is -2.34. The third-order valence-corrected chi connectivity index (χ3v) is 6.29. The Bertz CT molecular complexity index is 1220. The number of carboxylic acid groups (broad SMARTS) is 1. The zero-order valence-corrected chi connectivity index (χ0v) is 17.6. The van der Waals surface area contributed by atoms with Crippen molar-refractivity contribution in [1.82, 2.24) is 14.5 Å². The Hall–Kier alpha value is -3.80. The molecule has 2 N–H and O–H groups in total. The number of carbonyl (C=O) groups excluding carboxylic acids is 2. The average molecular weight is 457 g/mol. The van der Waals surface area contributed by atoms with Gasteiger partial charge in [0.25, 0.3) is 11.6 Å². The number of nitrogens with zero attached hydrogens (tertiary/aromatic N) is 4. The first kappa shape index (κ1) is 21.4. The minimum absolute atomic E-state index is 0.150. The second kappa shape index (κ2) is 8.75. The van der Waals surface area contributed by atoms with Gasteiger partial charge in [-0.2, -0.15) is 0 Å². The number of thiophene rings is 1. The maximum Gasteiger partial charge on any atom is 0.407 e. The van der Waals surface area contributed by atoms with E-state index in [0.29, 0.717) is 35.8 Å². The van der Waals surface area contributed by atoms with E-state index in [4.69, 9.17) is 0 Å². The maximum absolute atomic E-state index is 12.8. The Morgan fingerprint density at radius 2 is 2.12 bits per heavy atom. The van der Waals surface area contributed by atoms with Crippen molar-refractivity contribution >= 4 is 52.3 Å². The molecule has 0 unspecified atom stereocenters. The molecular weight excluding hydrogens is 438 g/mol. The van der Waals surface area contributed by atoms with Crippen LogP contribution in [0.3, 0.4) is 0 Å². The molecule has 2 amide bonds. The van der Waals surface area contributed by atoms with Crippen LogP contribution >= 0.6 is 11.3 Å². The summed E-state index contributed by atoms with van der Waals surface area (Å²) in [4.78, 5) is 52.1. The number of aldehydes is 1. The summed E-state index contributed by atoms with van der Waals surface area (Å²) in [7, 11) is 0. The highest BCUT2D eigenvalue weighted by molar-refractivity contribution is 7.12. The van der Waals surface area contributed by atoms with E-state index in [-0.39, 0.29) is 29.1 Å². The Balaban J connectivity index is 1.75. The normalized spacial score (nSPS) is 16.5. The largest absolute Gasteiger partial charge is 0.465 e. The van der Waals surface area contributed by atoms with Gasteiger partial charge in [0, 0.05) is 24.7 Å². The first-order valence-electron chi connectivity index (χ1n) is 9.86. The van der Waals surface area contributed by atoms with Crippen LogP contribution in [0.15, 0.2) is 29.6 Å². The third kappa shape index (κ3) is 4.17. The fraction of sp³-hybridized carbons (Fsp3) is 0.300. The number of amides is 2. The van der Waals surface area contributed by atoms with Gasteiger partial charge >= 0.3 is 6.09 Å². The van der Waals surface area contributed by atoms with Crippen LogP contribution in [0.4, 0.5) is 16.4 Å². The molecule has 3 aromatic rings. The number of aromatic nitrogens is 2. The summed E-state index contributed by atoms with van der Waals surface area (Å²) >= 11 is 0.944. The van der Waals surface area contributed by atoms with E-state index >= 15 is 0 Å². The lowest BCUT2D eigenvalue weighted by molar-refractivity contribution is -0.384. The Kier molecular flexibility index (Phi) is 5.86. The molecule has 166 valence electrons. The Morgan fingerprint density at radius 1 is 1.31 bits per heavy atom. The van der Waals surface area contributed by atoms with Crippen LogP contribution in [0, 0.1) is 10.1 Å². The van der Waals surface area contributed by atoms with Crippen LogP contribution in [0.2, 0.25) is 0 Å². The first-order valence-corrected chi connectivity index (χ1v) is 10.7. The molecule has 1 aliphatic heterocycles. The summed E-state index contributed by atoms with van der Waals surface area (Å²) in [6.45, 7) is 0.623. The monoisotopic (exact) mass is 457 g/mol. The summed E-state index contributed by atoms with van der Waals surface area (Å²) in [6.07, 6.45) is 1.85. The number of benzene rings is 1. The molecule has 32 heavy (non-hydrogen) atoms. The number of hydrogen-bond donors (Lipinski definition) is 2. The summed E-state index contributed by atoms with van der Waals surface area (Å²) in [5, 5.41) is 24.4. The minimum Gasteiger partial charge on any atom is -0.465 e. The van der Waals surface area contributed by atoms with Gasteiger partial charge in [0.05, 0.1) is 32.3 Å². The van der Waals surface area contributed by atoms with Crippen molar-refractivity contribution in [1.29, 1.82) is 0 Å². The van der Waals surface area contributed by atoms with E-state index in [1.807, 2.05) is 0 Å². The van der Waals surface area contributed by atoms with Gasteiger partial charge in [-0.15, -0.1) is 11.3 Å². The van der Waals surface area contributed by atoms with Gasteiger partial charge in [-0.25, -0.2) is 9.78 Å². The molecule has 1 atom stereocenters. The summed E-state index contributed by atoms with van der Waals surface area (Å²) in [5.41, 5.74) is 1.38. The molecule has 12 heteroatoms. The van der Waals surface area contributed by atoms with E-state index in [9.17, 15) is 29.6 Å². The number of rotatable bonds is 5. The molecule has 1 aromatic carbocycles. The Morgan fingerprint density at radius 3 is 2.81 bits per heavy atom. The summed E-state index contributed by atoms with van der Waals surface area (Å²) < 4.78 is 1.75. The van der Waals surface area contributed by atoms with Gasteiger partial charge in [0.2, 0.25) is 5.95 Å². The first-order chi connectivity index (χ1) is 15.4. The van der Waals surface area contributed by atoms with Gasteiger partial charge in [0.1, 0.15) is 6.29 Å². The predicted octanol–water partition coefficient (Wildman–Crippen LogP) is 3.78. The van der Waals surface area contributed by atoms with Gasteiger partial charge < -0.3 is 14.6 Å². The van der Waals surface area contributed by atoms with Crippen LogP contribution in [-0.4, -0.2) is 55.9 Å². The molecular formula is C20H19N5O6S.